The van der Waals surface area contributed by atoms with Crippen LogP contribution in [0.1, 0.15) is 49.2 Å². The van der Waals surface area contributed by atoms with Crippen molar-refractivity contribution >= 4 is 12.1 Å². The lowest BCUT2D eigenvalue weighted by atomic mass is 10.0. The monoisotopic (exact) mass is 271 g/mol. The Morgan fingerprint density at radius 2 is 1.95 bits per heavy atom. The minimum atomic E-state index is 0.127. The Morgan fingerprint density at radius 3 is 2.45 bits per heavy atom. The molecule has 4 heteroatoms. The second kappa shape index (κ2) is 5.90. The van der Waals surface area contributed by atoms with Crippen LogP contribution in [-0.2, 0) is 6.42 Å². The topological polar surface area (TPSA) is 60.9 Å². The second-order valence-electron chi connectivity index (χ2n) is 5.25. The first-order valence-corrected chi connectivity index (χ1v) is 7.01. The van der Waals surface area contributed by atoms with Gasteiger partial charge in [0.15, 0.2) is 6.29 Å². The van der Waals surface area contributed by atoms with Crippen LogP contribution >= 0.6 is 0 Å². The Labute approximate surface area is 119 Å². The fourth-order valence-electron chi connectivity index (χ4n) is 2.30. The first kappa shape index (κ1) is 14.3. The van der Waals surface area contributed by atoms with Crippen LogP contribution in [0.3, 0.4) is 0 Å². The molecule has 106 valence electrons. The number of aldehydes is 1. The number of nitrogens with two attached hydrogens (primary N) is 1. The van der Waals surface area contributed by atoms with Gasteiger partial charge in [-0.05, 0) is 25.8 Å². The predicted octanol–water partition coefficient (Wildman–Crippen LogP) is 3.48. The van der Waals surface area contributed by atoms with Gasteiger partial charge in [-0.15, -0.1) is 0 Å². The van der Waals surface area contributed by atoms with Crippen LogP contribution in [0.2, 0.25) is 0 Å². The quantitative estimate of drug-likeness (QED) is 0.847. The molecule has 0 fully saturated rings. The van der Waals surface area contributed by atoms with Gasteiger partial charge >= 0.3 is 0 Å². The summed E-state index contributed by atoms with van der Waals surface area (Å²) in [5.74, 6) is 0.433. The number of rotatable bonds is 5. The Kier molecular flexibility index (Phi) is 4.23. The van der Waals surface area contributed by atoms with E-state index in [2.05, 4.69) is 24.2 Å². The lowest BCUT2D eigenvalue weighted by Gasteiger charge is -2.06. The summed E-state index contributed by atoms with van der Waals surface area (Å²) in [6.45, 7) is 6.14. The Balaban J connectivity index is 2.46. The van der Waals surface area contributed by atoms with E-state index in [-0.39, 0.29) is 6.04 Å². The average molecular weight is 271 g/mol. The first-order chi connectivity index (χ1) is 9.58. The summed E-state index contributed by atoms with van der Waals surface area (Å²) in [6.07, 6.45) is 2.97. The molecule has 0 radical (unpaired) electrons. The fraction of sp³-hybridized carbons (Fsp3) is 0.375. The van der Waals surface area contributed by atoms with Crippen LogP contribution in [0.4, 0.5) is 5.82 Å². The van der Waals surface area contributed by atoms with Crippen molar-refractivity contribution in [1.29, 1.82) is 0 Å². The molecule has 1 aromatic heterocycles. The van der Waals surface area contributed by atoms with Crippen LogP contribution in [0, 0.1) is 0 Å². The van der Waals surface area contributed by atoms with Gasteiger partial charge in [0, 0.05) is 11.6 Å². The standard InChI is InChI=1S/C16H21N3O/c1-4-5-12-6-8-13(9-7-12)15-14(10-20)16(17)19(18-15)11(2)3/h6-11H,4-5,17H2,1-3H3. The van der Waals surface area contributed by atoms with Crippen molar-refractivity contribution in [2.45, 2.75) is 39.7 Å². The summed E-state index contributed by atoms with van der Waals surface area (Å²) in [4.78, 5) is 11.3. The molecule has 0 bridgehead atoms. The maximum Gasteiger partial charge on any atom is 0.156 e. The van der Waals surface area contributed by atoms with Crippen molar-refractivity contribution in [3.63, 3.8) is 0 Å². The molecule has 0 aliphatic heterocycles. The minimum absolute atomic E-state index is 0.127. The van der Waals surface area contributed by atoms with Gasteiger partial charge in [-0.2, -0.15) is 5.10 Å². The third kappa shape index (κ3) is 2.59. The Morgan fingerprint density at radius 1 is 1.30 bits per heavy atom. The fourth-order valence-corrected chi connectivity index (χ4v) is 2.30. The van der Waals surface area contributed by atoms with E-state index in [1.807, 2.05) is 26.0 Å². The third-order valence-electron chi connectivity index (χ3n) is 3.36. The molecule has 0 amide bonds. The van der Waals surface area contributed by atoms with Gasteiger partial charge in [0.25, 0.3) is 0 Å². The molecule has 2 N–H and O–H groups in total. The van der Waals surface area contributed by atoms with Crippen LogP contribution in [0.25, 0.3) is 11.3 Å². The van der Waals surface area contributed by atoms with Crippen LogP contribution < -0.4 is 5.73 Å². The normalized spacial score (nSPS) is 11.0. The zero-order valence-corrected chi connectivity index (χ0v) is 12.3. The van der Waals surface area contributed by atoms with Crippen molar-refractivity contribution < 1.29 is 4.79 Å². The molecule has 0 aliphatic rings. The maximum absolute atomic E-state index is 11.3. The number of nitrogen functional groups attached to an aromatic ring is 1. The van der Waals surface area contributed by atoms with Gasteiger partial charge in [-0.3, -0.25) is 4.79 Å². The van der Waals surface area contributed by atoms with Crippen LogP contribution in [0.15, 0.2) is 24.3 Å². The van der Waals surface area contributed by atoms with Crippen LogP contribution in [0.5, 0.6) is 0 Å². The molecule has 2 rings (SSSR count). The summed E-state index contributed by atoms with van der Waals surface area (Å²) in [7, 11) is 0. The first-order valence-electron chi connectivity index (χ1n) is 7.01. The molecular formula is C16H21N3O. The third-order valence-corrected chi connectivity index (χ3v) is 3.36. The number of carbonyl (C=O) groups excluding carboxylic acids is 1. The smallest absolute Gasteiger partial charge is 0.156 e. The van der Waals surface area contributed by atoms with E-state index in [0.29, 0.717) is 17.1 Å². The largest absolute Gasteiger partial charge is 0.383 e. The van der Waals surface area contributed by atoms with E-state index in [4.69, 9.17) is 5.73 Å². The van der Waals surface area contributed by atoms with E-state index in [1.54, 1.807) is 4.68 Å². The summed E-state index contributed by atoms with van der Waals surface area (Å²) in [5, 5.41) is 4.49. The van der Waals surface area contributed by atoms with E-state index >= 15 is 0 Å². The number of benzene rings is 1. The van der Waals surface area contributed by atoms with Crippen molar-refractivity contribution in [2.75, 3.05) is 5.73 Å². The molecule has 1 heterocycles. The summed E-state index contributed by atoms with van der Waals surface area (Å²) >= 11 is 0. The average Bonchev–Trinajstić information content (AvgIpc) is 2.77. The van der Waals surface area contributed by atoms with Gasteiger partial charge in [0.2, 0.25) is 0 Å². The van der Waals surface area contributed by atoms with Gasteiger partial charge < -0.3 is 5.73 Å². The molecule has 0 atom stereocenters. The van der Waals surface area contributed by atoms with Gasteiger partial charge in [-0.1, -0.05) is 37.6 Å². The SMILES string of the molecule is CCCc1ccc(-c2nn(C(C)C)c(N)c2C=O)cc1. The molecule has 0 aliphatic carbocycles. The van der Waals surface area contributed by atoms with Crippen LogP contribution in [-0.4, -0.2) is 16.1 Å². The highest BCUT2D eigenvalue weighted by Crippen LogP contribution is 2.28. The van der Waals surface area contributed by atoms with Crippen molar-refractivity contribution in [2.24, 2.45) is 0 Å². The predicted molar refractivity (Wildman–Crippen MR) is 81.8 cm³/mol. The lowest BCUT2D eigenvalue weighted by Crippen LogP contribution is -2.07. The highest BCUT2D eigenvalue weighted by Gasteiger charge is 2.17. The molecule has 20 heavy (non-hydrogen) atoms. The lowest BCUT2D eigenvalue weighted by molar-refractivity contribution is 0.112. The molecular weight excluding hydrogens is 250 g/mol. The summed E-state index contributed by atoms with van der Waals surface area (Å²) in [6, 6.07) is 8.30. The summed E-state index contributed by atoms with van der Waals surface area (Å²) in [5.41, 5.74) is 9.36. The molecule has 2 aromatic rings. The van der Waals surface area contributed by atoms with E-state index in [0.717, 1.165) is 24.7 Å². The molecule has 4 nitrogen and oxygen atoms in total. The van der Waals surface area contributed by atoms with Crippen molar-refractivity contribution in [1.82, 2.24) is 9.78 Å². The summed E-state index contributed by atoms with van der Waals surface area (Å²) < 4.78 is 1.69. The van der Waals surface area contributed by atoms with Crippen molar-refractivity contribution in [3.8, 4) is 11.3 Å². The highest BCUT2D eigenvalue weighted by molar-refractivity contribution is 5.91. The number of aromatic nitrogens is 2. The zero-order valence-electron chi connectivity index (χ0n) is 12.3. The maximum atomic E-state index is 11.3. The number of aryl methyl sites for hydroxylation is 1. The minimum Gasteiger partial charge on any atom is -0.383 e. The number of hydrogen-bond acceptors (Lipinski definition) is 3. The van der Waals surface area contributed by atoms with E-state index < -0.39 is 0 Å². The van der Waals surface area contributed by atoms with E-state index in [1.165, 1.54) is 5.56 Å². The Hall–Kier alpha value is -2.10. The number of nitrogens with zero attached hydrogens (tertiary/aromatic N) is 2. The van der Waals surface area contributed by atoms with Gasteiger partial charge in [0.1, 0.15) is 11.5 Å². The molecule has 0 unspecified atom stereocenters. The van der Waals surface area contributed by atoms with E-state index in [9.17, 15) is 4.79 Å². The number of carbonyl (C=O) groups is 1. The molecule has 0 saturated carbocycles. The molecule has 0 saturated heterocycles. The number of hydrogen-bond donors (Lipinski definition) is 1. The zero-order chi connectivity index (χ0) is 14.7. The Bertz CT molecular complexity index is 597. The van der Waals surface area contributed by atoms with Crippen molar-refractivity contribution in [3.05, 3.63) is 35.4 Å². The second-order valence-corrected chi connectivity index (χ2v) is 5.25. The van der Waals surface area contributed by atoms with Gasteiger partial charge in [-0.25, -0.2) is 4.68 Å². The molecule has 0 spiro atoms. The highest BCUT2D eigenvalue weighted by atomic mass is 16.1. The number of anilines is 1. The van der Waals surface area contributed by atoms with Gasteiger partial charge in [0.05, 0.1) is 5.56 Å². The molecule has 1 aromatic carbocycles.